The van der Waals surface area contributed by atoms with Gasteiger partial charge in [0, 0.05) is 39.7 Å². The Morgan fingerprint density at radius 1 is 1.16 bits per heavy atom. The molecule has 2 aromatic carbocycles. The Morgan fingerprint density at radius 2 is 1.86 bits per heavy atom. The smallest absolute Gasteiger partial charge is 0.410 e. The molecule has 0 radical (unpaired) electrons. The number of halogens is 4. The number of hydrogen-bond donors (Lipinski definition) is 0. The monoisotopic (exact) mass is 586 g/mol. The number of ether oxygens (including phenoxy) is 3. The van der Waals surface area contributed by atoms with E-state index in [9.17, 15) is 18.0 Å². The average molecular weight is 587 g/mol. The van der Waals surface area contributed by atoms with Crippen LogP contribution in [-0.4, -0.2) is 67.0 Å². The summed E-state index contributed by atoms with van der Waals surface area (Å²) in [4.78, 5) is 17.0. The van der Waals surface area contributed by atoms with Crippen molar-refractivity contribution in [2.45, 2.75) is 57.9 Å². The van der Waals surface area contributed by atoms with Crippen molar-refractivity contribution >= 4 is 22.0 Å². The van der Waals surface area contributed by atoms with Crippen LogP contribution in [-0.2, 0) is 16.0 Å². The number of rotatable bonds is 9. The molecule has 0 aliphatic carbocycles. The van der Waals surface area contributed by atoms with Crippen molar-refractivity contribution in [3.63, 3.8) is 0 Å². The number of carbonyl (C=O) groups excluding carboxylic acids is 1. The zero-order valence-electron chi connectivity index (χ0n) is 21.6. The summed E-state index contributed by atoms with van der Waals surface area (Å²) in [6.45, 7) is 7.83. The van der Waals surface area contributed by atoms with E-state index in [0.717, 1.165) is 17.7 Å². The highest BCUT2D eigenvalue weighted by Gasteiger charge is 2.36. The van der Waals surface area contributed by atoms with Crippen LogP contribution in [0, 0.1) is 5.82 Å². The Balaban J connectivity index is 1.84. The van der Waals surface area contributed by atoms with E-state index in [4.69, 9.17) is 14.2 Å². The third-order valence-corrected chi connectivity index (χ3v) is 6.48. The van der Waals surface area contributed by atoms with Gasteiger partial charge in [0.2, 0.25) is 0 Å². The number of alkyl halides is 2. The molecule has 0 saturated carbocycles. The highest BCUT2D eigenvalue weighted by Crippen LogP contribution is 2.37. The maximum absolute atomic E-state index is 13.8. The molecule has 37 heavy (non-hydrogen) atoms. The van der Waals surface area contributed by atoms with Gasteiger partial charge < -0.3 is 19.1 Å². The Bertz CT molecular complexity index is 1040. The summed E-state index contributed by atoms with van der Waals surface area (Å²) in [5, 5.41) is 0. The van der Waals surface area contributed by atoms with Crippen LogP contribution in [0.25, 0.3) is 0 Å². The molecule has 6 nitrogen and oxygen atoms in total. The first kappa shape index (κ1) is 29.3. The van der Waals surface area contributed by atoms with Gasteiger partial charge in [-0.15, -0.1) is 0 Å². The predicted octanol–water partition coefficient (Wildman–Crippen LogP) is 6.43. The second-order valence-electron chi connectivity index (χ2n) is 10.1. The van der Waals surface area contributed by atoms with Gasteiger partial charge in [0.05, 0.1) is 22.7 Å². The van der Waals surface area contributed by atoms with E-state index in [2.05, 4.69) is 20.8 Å². The number of benzene rings is 2. The van der Waals surface area contributed by atoms with Crippen LogP contribution in [0.1, 0.15) is 44.7 Å². The predicted molar refractivity (Wildman–Crippen MR) is 138 cm³/mol. The summed E-state index contributed by atoms with van der Waals surface area (Å²) in [6, 6.07) is 11.5. The minimum atomic E-state index is -2.93. The minimum absolute atomic E-state index is 0.0854. The molecule has 1 heterocycles. The highest BCUT2D eigenvalue weighted by atomic mass is 79.9. The summed E-state index contributed by atoms with van der Waals surface area (Å²) in [7, 11) is 1.48. The van der Waals surface area contributed by atoms with E-state index >= 15 is 0 Å². The quantitative estimate of drug-likeness (QED) is 0.339. The Kier molecular flexibility index (Phi) is 10.3. The molecule has 2 atom stereocenters. The van der Waals surface area contributed by atoms with E-state index in [1.54, 1.807) is 25.7 Å². The van der Waals surface area contributed by atoms with Crippen molar-refractivity contribution in [3.05, 3.63) is 63.9 Å². The number of nitrogens with zero attached hydrogens (tertiary/aromatic N) is 2. The summed E-state index contributed by atoms with van der Waals surface area (Å²) >= 11 is 3.15. The molecule has 0 aromatic heterocycles. The molecular weight excluding hydrogens is 553 g/mol. The van der Waals surface area contributed by atoms with Crippen LogP contribution in [0.4, 0.5) is 18.0 Å². The first-order valence-electron chi connectivity index (χ1n) is 12.2. The normalized spacial score (nSPS) is 17.6. The molecule has 0 bridgehead atoms. The fourth-order valence-corrected chi connectivity index (χ4v) is 4.88. The molecule has 1 fully saturated rings. The number of amides is 1. The maximum Gasteiger partial charge on any atom is 0.410 e. The summed E-state index contributed by atoms with van der Waals surface area (Å²) in [5.74, 6) is -0.933. The molecule has 1 amide bonds. The molecule has 0 spiro atoms. The lowest BCUT2D eigenvalue weighted by molar-refractivity contribution is -0.0162. The Hall–Kier alpha value is -2.30. The topological polar surface area (TPSA) is 51.2 Å². The first-order chi connectivity index (χ1) is 17.5. The fourth-order valence-electron chi connectivity index (χ4n) is 4.34. The Morgan fingerprint density at radius 3 is 2.49 bits per heavy atom. The molecule has 10 heteroatoms. The molecular formula is C27H34BrF3N2O4. The fraction of sp³-hybridized carbons (Fsp3) is 0.519. The van der Waals surface area contributed by atoms with Crippen molar-refractivity contribution in [2.24, 2.45) is 0 Å². The van der Waals surface area contributed by atoms with Crippen molar-refractivity contribution < 1.29 is 32.2 Å². The zero-order valence-corrected chi connectivity index (χ0v) is 23.1. The van der Waals surface area contributed by atoms with Gasteiger partial charge in [-0.2, -0.15) is 0 Å². The van der Waals surface area contributed by atoms with E-state index in [-0.39, 0.29) is 22.9 Å². The van der Waals surface area contributed by atoms with Gasteiger partial charge in [-0.25, -0.2) is 18.0 Å². The lowest BCUT2D eigenvalue weighted by Crippen LogP contribution is -2.57. The summed E-state index contributed by atoms with van der Waals surface area (Å²) in [6.07, 6.45) is -3.76. The van der Waals surface area contributed by atoms with Gasteiger partial charge in [0.15, 0.2) is 0 Å². The average Bonchev–Trinajstić information content (AvgIpc) is 2.80. The maximum atomic E-state index is 13.8. The molecule has 1 aliphatic rings. The van der Waals surface area contributed by atoms with Crippen molar-refractivity contribution in [3.8, 4) is 5.75 Å². The Labute approximate surface area is 224 Å². The summed E-state index contributed by atoms with van der Waals surface area (Å²) in [5.41, 5.74) is -0.0732. The molecule has 3 rings (SSSR count). The second-order valence-corrected chi connectivity index (χ2v) is 10.9. The molecule has 1 aliphatic heterocycles. The molecule has 2 aromatic rings. The molecule has 0 N–H and O–H groups in total. The largest absolute Gasteiger partial charge is 0.486 e. The van der Waals surface area contributed by atoms with Crippen molar-refractivity contribution in [1.82, 2.24) is 9.80 Å². The van der Waals surface area contributed by atoms with Crippen LogP contribution in [0.5, 0.6) is 5.75 Å². The minimum Gasteiger partial charge on any atom is -0.486 e. The first-order valence-corrected chi connectivity index (χ1v) is 12.9. The molecule has 1 saturated heterocycles. The van der Waals surface area contributed by atoms with E-state index in [0.29, 0.717) is 32.6 Å². The number of hydrogen-bond acceptors (Lipinski definition) is 5. The number of piperazine rings is 1. The zero-order chi connectivity index (χ0) is 27.2. The van der Waals surface area contributed by atoms with Crippen LogP contribution in [0.3, 0.4) is 0 Å². The van der Waals surface area contributed by atoms with Gasteiger partial charge in [-0.05, 0) is 54.4 Å². The third kappa shape index (κ3) is 8.61. The van der Waals surface area contributed by atoms with Gasteiger partial charge >= 0.3 is 6.09 Å². The van der Waals surface area contributed by atoms with Crippen LogP contribution in [0.15, 0.2) is 46.9 Å². The van der Waals surface area contributed by atoms with Crippen LogP contribution >= 0.6 is 15.9 Å². The van der Waals surface area contributed by atoms with Crippen LogP contribution in [0.2, 0.25) is 0 Å². The SMILES string of the molecule is COC[C@H](C[C@@H]1CN(Cc2ccccc2)CCN1C(=O)OC(C)(C)C)Oc1c(Br)cc(F)cc1C(F)F. The van der Waals surface area contributed by atoms with Gasteiger partial charge in [0.1, 0.15) is 23.3 Å². The van der Waals surface area contributed by atoms with E-state index in [1.807, 2.05) is 30.3 Å². The number of methoxy groups -OCH3 is 1. The second kappa shape index (κ2) is 13.0. The standard InChI is InChI=1S/C27H34BrF3N2O4/c1-27(2,3)37-26(34)33-11-10-32(15-18-8-6-5-7-9-18)16-20(33)14-21(17-35-4)36-24-22(25(30)31)12-19(29)13-23(24)28/h5-9,12-13,20-21,25H,10-11,14-17H2,1-4H3/t20-,21+/m1/s1. The van der Waals surface area contributed by atoms with Crippen molar-refractivity contribution in [1.29, 1.82) is 0 Å². The highest BCUT2D eigenvalue weighted by molar-refractivity contribution is 9.10. The van der Waals surface area contributed by atoms with Crippen molar-refractivity contribution in [2.75, 3.05) is 33.4 Å². The lowest BCUT2D eigenvalue weighted by Gasteiger charge is -2.42. The van der Waals surface area contributed by atoms with Crippen LogP contribution < -0.4 is 4.74 Å². The molecule has 0 unspecified atom stereocenters. The molecule has 204 valence electrons. The lowest BCUT2D eigenvalue weighted by atomic mass is 10.0. The number of carbonyl (C=O) groups is 1. The van der Waals surface area contributed by atoms with Gasteiger partial charge in [-0.1, -0.05) is 30.3 Å². The van der Waals surface area contributed by atoms with E-state index < -0.39 is 35.6 Å². The van der Waals surface area contributed by atoms with Gasteiger partial charge in [0.25, 0.3) is 6.43 Å². The third-order valence-electron chi connectivity index (χ3n) is 5.89. The van der Waals surface area contributed by atoms with E-state index in [1.165, 1.54) is 7.11 Å². The summed E-state index contributed by atoms with van der Waals surface area (Å²) < 4.78 is 58.3. The van der Waals surface area contributed by atoms with Gasteiger partial charge in [-0.3, -0.25) is 4.90 Å².